The van der Waals surface area contributed by atoms with Crippen molar-refractivity contribution >= 4 is 11.7 Å². The lowest BCUT2D eigenvalue weighted by atomic mass is 10.2. The minimum atomic E-state index is -0.142. The fourth-order valence-electron chi connectivity index (χ4n) is 2.03. The molecule has 0 atom stereocenters. The van der Waals surface area contributed by atoms with E-state index in [1.54, 1.807) is 6.20 Å². The van der Waals surface area contributed by atoms with Crippen LogP contribution < -0.4 is 10.2 Å². The first-order valence-corrected chi connectivity index (χ1v) is 6.90. The van der Waals surface area contributed by atoms with E-state index in [0.29, 0.717) is 6.54 Å². The van der Waals surface area contributed by atoms with Crippen LogP contribution in [0.3, 0.4) is 0 Å². The van der Waals surface area contributed by atoms with Crippen LogP contribution in [0, 0.1) is 0 Å². The molecule has 2 heterocycles. The summed E-state index contributed by atoms with van der Waals surface area (Å²) >= 11 is 0. The van der Waals surface area contributed by atoms with E-state index < -0.39 is 0 Å². The summed E-state index contributed by atoms with van der Waals surface area (Å²) in [6.07, 6.45) is 3.17. The topological polar surface area (TPSA) is 88.8 Å². The zero-order valence-corrected chi connectivity index (χ0v) is 12.2. The van der Waals surface area contributed by atoms with Gasteiger partial charge in [-0.1, -0.05) is 6.07 Å². The summed E-state index contributed by atoms with van der Waals surface area (Å²) in [7, 11) is 0. The molecule has 0 radical (unpaired) electrons. The van der Waals surface area contributed by atoms with Gasteiger partial charge in [-0.2, -0.15) is 0 Å². The number of hydrogen-bond donors (Lipinski definition) is 1. The molecule has 8 heteroatoms. The normalized spacial score (nSPS) is 10.4. The minimum Gasteiger partial charge on any atom is -0.357 e. The van der Waals surface area contributed by atoms with Crippen LogP contribution in [0.15, 0.2) is 24.7 Å². The predicted octanol–water partition coefficient (Wildman–Crippen LogP) is 0.231. The van der Waals surface area contributed by atoms with Gasteiger partial charge in [0, 0.05) is 31.4 Å². The van der Waals surface area contributed by atoms with E-state index >= 15 is 0 Å². The number of amides is 1. The van der Waals surface area contributed by atoms with Crippen LogP contribution in [0.25, 0.3) is 0 Å². The highest BCUT2D eigenvalue weighted by Crippen LogP contribution is 2.16. The summed E-state index contributed by atoms with van der Waals surface area (Å²) in [5.41, 5.74) is 0.992. The quantitative estimate of drug-likeness (QED) is 0.785. The maximum Gasteiger partial charge on any atom is 0.242 e. The van der Waals surface area contributed by atoms with E-state index in [4.69, 9.17) is 0 Å². The predicted molar refractivity (Wildman–Crippen MR) is 77.5 cm³/mol. The van der Waals surface area contributed by atoms with Crippen molar-refractivity contribution in [1.82, 2.24) is 30.5 Å². The number of carbonyl (C=O) groups excluding carboxylic acids is 1. The SMILES string of the molecule is CCN(CC)c1ncccc1CNC(=O)Cn1cnnn1. The van der Waals surface area contributed by atoms with E-state index in [1.807, 2.05) is 12.1 Å². The largest absolute Gasteiger partial charge is 0.357 e. The molecule has 0 unspecified atom stereocenters. The molecule has 0 aliphatic rings. The number of rotatable bonds is 7. The van der Waals surface area contributed by atoms with Crippen molar-refractivity contribution in [3.05, 3.63) is 30.2 Å². The molecule has 1 amide bonds. The molecule has 0 aromatic carbocycles. The van der Waals surface area contributed by atoms with E-state index in [0.717, 1.165) is 24.5 Å². The molecule has 21 heavy (non-hydrogen) atoms. The number of aromatic nitrogens is 5. The summed E-state index contributed by atoms with van der Waals surface area (Å²) in [5, 5.41) is 13.5. The summed E-state index contributed by atoms with van der Waals surface area (Å²) in [6, 6.07) is 3.84. The van der Waals surface area contributed by atoms with Crippen molar-refractivity contribution in [2.75, 3.05) is 18.0 Å². The van der Waals surface area contributed by atoms with Gasteiger partial charge in [0.25, 0.3) is 0 Å². The van der Waals surface area contributed by atoms with E-state index in [2.05, 4.69) is 44.6 Å². The smallest absolute Gasteiger partial charge is 0.242 e. The molecule has 2 rings (SSSR count). The van der Waals surface area contributed by atoms with Crippen LogP contribution >= 0.6 is 0 Å². The molecule has 1 N–H and O–H groups in total. The molecule has 0 saturated carbocycles. The van der Waals surface area contributed by atoms with Crippen LogP contribution in [-0.4, -0.2) is 44.2 Å². The molecule has 112 valence electrons. The monoisotopic (exact) mass is 289 g/mol. The molecule has 2 aromatic rings. The zero-order valence-electron chi connectivity index (χ0n) is 12.2. The van der Waals surface area contributed by atoms with E-state index in [-0.39, 0.29) is 12.5 Å². The van der Waals surface area contributed by atoms with Crippen LogP contribution in [0.5, 0.6) is 0 Å². The number of hydrogen-bond acceptors (Lipinski definition) is 6. The minimum absolute atomic E-state index is 0.105. The highest BCUT2D eigenvalue weighted by atomic mass is 16.2. The zero-order chi connectivity index (χ0) is 15.1. The Morgan fingerprint density at radius 1 is 1.38 bits per heavy atom. The van der Waals surface area contributed by atoms with Crippen molar-refractivity contribution < 1.29 is 4.79 Å². The average molecular weight is 289 g/mol. The van der Waals surface area contributed by atoms with Crippen molar-refractivity contribution in [2.24, 2.45) is 0 Å². The Hall–Kier alpha value is -2.51. The van der Waals surface area contributed by atoms with Gasteiger partial charge in [-0.05, 0) is 30.3 Å². The fraction of sp³-hybridized carbons (Fsp3) is 0.462. The van der Waals surface area contributed by atoms with Crippen LogP contribution in [0.1, 0.15) is 19.4 Å². The maximum absolute atomic E-state index is 11.8. The molecule has 8 nitrogen and oxygen atoms in total. The number of tetrazole rings is 1. The number of nitrogens with one attached hydrogen (secondary N) is 1. The Balaban J connectivity index is 1.98. The Morgan fingerprint density at radius 2 is 2.19 bits per heavy atom. The lowest BCUT2D eigenvalue weighted by molar-refractivity contribution is -0.122. The summed E-state index contributed by atoms with van der Waals surface area (Å²) < 4.78 is 1.38. The third-order valence-corrected chi connectivity index (χ3v) is 3.10. The molecular formula is C13H19N7O. The standard InChI is InChI=1S/C13H19N7O/c1-3-19(4-2)13-11(6-5-7-14-13)8-15-12(21)9-20-10-16-17-18-20/h5-7,10H,3-4,8-9H2,1-2H3,(H,15,21). The fourth-order valence-corrected chi connectivity index (χ4v) is 2.03. The highest BCUT2D eigenvalue weighted by molar-refractivity contribution is 5.75. The third kappa shape index (κ3) is 3.98. The summed E-state index contributed by atoms with van der Waals surface area (Å²) in [5.74, 6) is 0.766. The van der Waals surface area contributed by atoms with Crippen molar-refractivity contribution in [1.29, 1.82) is 0 Å². The molecule has 0 aliphatic heterocycles. The second kappa shape index (κ2) is 7.32. The van der Waals surface area contributed by atoms with Gasteiger partial charge in [0.2, 0.25) is 5.91 Å². The lowest BCUT2D eigenvalue weighted by Crippen LogP contribution is -2.29. The Bertz CT molecular complexity index is 566. The number of pyridine rings is 1. The molecule has 0 spiro atoms. The van der Waals surface area contributed by atoms with Gasteiger partial charge >= 0.3 is 0 Å². The van der Waals surface area contributed by atoms with Gasteiger partial charge in [-0.3, -0.25) is 4.79 Å². The Morgan fingerprint density at radius 3 is 2.86 bits per heavy atom. The van der Waals surface area contributed by atoms with E-state index in [1.165, 1.54) is 11.0 Å². The maximum atomic E-state index is 11.8. The van der Waals surface area contributed by atoms with Crippen molar-refractivity contribution in [2.45, 2.75) is 26.9 Å². The van der Waals surface area contributed by atoms with Gasteiger partial charge in [-0.15, -0.1) is 5.10 Å². The van der Waals surface area contributed by atoms with Gasteiger partial charge in [0.05, 0.1) is 0 Å². The molecule has 0 bridgehead atoms. The Labute approximate surface area is 123 Å². The van der Waals surface area contributed by atoms with Gasteiger partial charge in [0.15, 0.2) is 0 Å². The van der Waals surface area contributed by atoms with Crippen LogP contribution in [0.4, 0.5) is 5.82 Å². The van der Waals surface area contributed by atoms with Crippen LogP contribution in [0.2, 0.25) is 0 Å². The highest BCUT2D eigenvalue weighted by Gasteiger charge is 2.10. The Kier molecular flexibility index (Phi) is 5.19. The first-order chi connectivity index (χ1) is 10.2. The molecule has 0 fully saturated rings. The third-order valence-electron chi connectivity index (χ3n) is 3.10. The van der Waals surface area contributed by atoms with Crippen LogP contribution in [-0.2, 0) is 17.9 Å². The van der Waals surface area contributed by atoms with Crippen molar-refractivity contribution in [3.63, 3.8) is 0 Å². The average Bonchev–Trinajstić information content (AvgIpc) is 3.00. The number of nitrogens with zero attached hydrogens (tertiary/aromatic N) is 6. The van der Waals surface area contributed by atoms with Gasteiger partial charge in [0.1, 0.15) is 18.7 Å². The number of carbonyl (C=O) groups is 1. The van der Waals surface area contributed by atoms with Crippen molar-refractivity contribution in [3.8, 4) is 0 Å². The van der Waals surface area contributed by atoms with Gasteiger partial charge < -0.3 is 10.2 Å². The second-order valence-electron chi connectivity index (χ2n) is 4.44. The first kappa shape index (κ1) is 14.9. The molecule has 2 aromatic heterocycles. The molecule has 0 saturated heterocycles. The molecular weight excluding hydrogens is 270 g/mol. The van der Waals surface area contributed by atoms with Gasteiger partial charge in [-0.25, -0.2) is 9.67 Å². The first-order valence-electron chi connectivity index (χ1n) is 6.90. The summed E-state index contributed by atoms with van der Waals surface area (Å²) in [4.78, 5) is 18.4. The second-order valence-corrected chi connectivity index (χ2v) is 4.44. The lowest BCUT2D eigenvalue weighted by Gasteiger charge is -2.22. The van der Waals surface area contributed by atoms with E-state index in [9.17, 15) is 4.79 Å². The summed E-state index contributed by atoms with van der Waals surface area (Å²) in [6.45, 7) is 6.45. The number of anilines is 1. The molecule has 0 aliphatic carbocycles.